The average molecular weight is 306 g/mol. The van der Waals surface area contributed by atoms with Crippen LogP contribution in [-0.2, 0) is 4.79 Å². The van der Waals surface area contributed by atoms with Crippen LogP contribution in [0.2, 0.25) is 5.02 Å². The normalized spacial score (nSPS) is 11.9. The van der Waals surface area contributed by atoms with E-state index in [2.05, 4.69) is 13.0 Å². The molecule has 0 amide bonds. The third kappa shape index (κ3) is 6.78. The number of rotatable bonds is 10. The van der Waals surface area contributed by atoms with Crippen molar-refractivity contribution in [1.82, 2.24) is 0 Å². The SMILES string of the molecule is CCCCCCCCCC(=O)C(C#N)c1cccc(Cl)c1. The minimum absolute atomic E-state index is 0.00771. The number of halogens is 1. The second-order valence-electron chi connectivity index (χ2n) is 5.45. The van der Waals surface area contributed by atoms with Gasteiger partial charge in [-0.05, 0) is 24.1 Å². The fraction of sp³-hybridized carbons (Fsp3) is 0.556. The Hall–Kier alpha value is -1.33. The summed E-state index contributed by atoms with van der Waals surface area (Å²) in [4.78, 5) is 12.2. The first-order valence-corrected chi connectivity index (χ1v) is 8.24. The molecule has 1 aromatic carbocycles. The number of hydrogen-bond acceptors (Lipinski definition) is 2. The third-order valence-corrected chi connectivity index (χ3v) is 3.89. The molecule has 0 N–H and O–H groups in total. The Kier molecular flexibility index (Phi) is 8.78. The summed E-state index contributed by atoms with van der Waals surface area (Å²) >= 11 is 5.92. The highest BCUT2D eigenvalue weighted by molar-refractivity contribution is 6.30. The number of carbonyl (C=O) groups is 1. The van der Waals surface area contributed by atoms with Crippen LogP contribution >= 0.6 is 11.6 Å². The fourth-order valence-corrected chi connectivity index (χ4v) is 2.62. The van der Waals surface area contributed by atoms with E-state index in [1.165, 1.54) is 32.1 Å². The molecule has 0 saturated carbocycles. The van der Waals surface area contributed by atoms with Crippen molar-refractivity contribution < 1.29 is 4.79 Å². The second-order valence-corrected chi connectivity index (χ2v) is 5.89. The van der Waals surface area contributed by atoms with Gasteiger partial charge in [0.2, 0.25) is 0 Å². The molecule has 0 aromatic heterocycles. The summed E-state index contributed by atoms with van der Waals surface area (Å²) in [6.07, 6.45) is 8.70. The van der Waals surface area contributed by atoms with E-state index < -0.39 is 5.92 Å². The summed E-state index contributed by atoms with van der Waals surface area (Å²) in [5.74, 6) is -0.669. The lowest BCUT2D eigenvalue weighted by Gasteiger charge is -2.09. The van der Waals surface area contributed by atoms with E-state index in [-0.39, 0.29) is 5.78 Å². The molecule has 0 aliphatic carbocycles. The van der Waals surface area contributed by atoms with E-state index in [0.717, 1.165) is 12.8 Å². The van der Waals surface area contributed by atoms with E-state index in [0.29, 0.717) is 17.0 Å². The van der Waals surface area contributed by atoms with Gasteiger partial charge < -0.3 is 0 Å². The van der Waals surface area contributed by atoms with Crippen molar-refractivity contribution >= 4 is 17.4 Å². The minimum Gasteiger partial charge on any atom is -0.298 e. The van der Waals surface area contributed by atoms with E-state index >= 15 is 0 Å². The molecule has 0 fully saturated rings. The lowest BCUT2D eigenvalue weighted by Crippen LogP contribution is -2.10. The number of nitriles is 1. The maximum Gasteiger partial charge on any atom is 0.154 e. The summed E-state index contributed by atoms with van der Waals surface area (Å²) in [6.45, 7) is 2.20. The Morgan fingerprint density at radius 1 is 1.19 bits per heavy atom. The van der Waals surface area contributed by atoms with Gasteiger partial charge in [-0.25, -0.2) is 0 Å². The molecule has 0 heterocycles. The van der Waals surface area contributed by atoms with Gasteiger partial charge in [-0.15, -0.1) is 0 Å². The van der Waals surface area contributed by atoms with Gasteiger partial charge in [0.05, 0.1) is 6.07 Å². The number of carbonyl (C=O) groups excluding carboxylic acids is 1. The second kappa shape index (κ2) is 10.4. The van der Waals surface area contributed by atoms with Gasteiger partial charge in [0, 0.05) is 11.4 Å². The Bertz CT molecular complexity index is 478. The van der Waals surface area contributed by atoms with Crippen molar-refractivity contribution in [2.24, 2.45) is 0 Å². The highest BCUT2D eigenvalue weighted by Gasteiger charge is 2.19. The molecular formula is C18H24ClNO. The molecule has 0 bridgehead atoms. The van der Waals surface area contributed by atoms with Crippen molar-refractivity contribution in [3.8, 4) is 6.07 Å². The standard InChI is InChI=1S/C18H24ClNO/c1-2-3-4-5-6-7-8-12-18(21)17(14-20)15-10-9-11-16(19)13-15/h9-11,13,17H,2-8,12H2,1H3. The van der Waals surface area contributed by atoms with Gasteiger partial charge in [-0.1, -0.05) is 69.2 Å². The summed E-state index contributed by atoms with van der Waals surface area (Å²) in [5.41, 5.74) is 0.706. The Morgan fingerprint density at radius 3 is 2.48 bits per heavy atom. The van der Waals surface area contributed by atoms with Crippen LogP contribution in [0.25, 0.3) is 0 Å². The highest BCUT2D eigenvalue weighted by atomic mass is 35.5. The molecule has 114 valence electrons. The number of nitrogens with zero attached hydrogens (tertiary/aromatic N) is 1. The Balaban J connectivity index is 2.34. The van der Waals surface area contributed by atoms with Crippen LogP contribution in [-0.4, -0.2) is 5.78 Å². The van der Waals surface area contributed by atoms with E-state index in [1.807, 2.05) is 0 Å². The van der Waals surface area contributed by atoms with E-state index in [4.69, 9.17) is 11.6 Å². The van der Waals surface area contributed by atoms with Gasteiger partial charge in [0.25, 0.3) is 0 Å². The largest absolute Gasteiger partial charge is 0.298 e. The highest BCUT2D eigenvalue weighted by Crippen LogP contribution is 2.22. The summed E-state index contributed by atoms with van der Waals surface area (Å²) in [6, 6.07) is 9.14. The first-order valence-electron chi connectivity index (χ1n) is 7.86. The Morgan fingerprint density at radius 2 is 1.86 bits per heavy atom. The third-order valence-electron chi connectivity index (χ3n) is 3.66. The van der Waals surface area contributed by atoms with Gasteiger partial charge in [-0.2, -0.15) is 5.26 Å². The molecule has 0 aliphatic rings. The van der Waals surface area contributed by atoms with Gasteiger partial charge in [-0.3, -0.25) is 4.79 Å². The van der Waals surface area contributed by atoms with Crippen LogP contribution in [0, 0.1) is 11.3 Å². The van der Waals surface area contributed by atoms with Crippen molar-refractivity contribution in [2.75, 3.05) is 0 Å². The van der Waals surface area contributed by atoms with Crippen LogP contribution in [0.3, 0.4) is 0 Å². The van der Waals surface area contributed by atoms with Gasteiger partial charge in [0.1, 0.15) is 5.92 Å². The van der Waals surface area contributed by atoms with Crippen LogP contribution in [0.5, 0.6) is 0 Å². The zero-order valence-electron chi connectivity index (χ0n) is 12.8. The zero-order chi connectivity index (χ0) is 15.5. The number of ketones is 1. The molecule has 2 nitrogen and oxygen atoms in total. The van der Waals surface area contributed by atoms with Crippen molar-refractivity contribution in [2.45, 2.75) is 64.2 Å². The predicted molar refractivity (Wildman–Crippen MR) is 87.4 cm³/mol. The first kappa shape index (κ1) is 17.7. The van der Waals surface area contributed by atoms with Crippen LogP contribution in [0.4, 0.5) is 0 Å². The van der Waals surface area contributed by atoms with Crippen LogP contribution in [0.15, 0.2) is 24.3 Å². The molecule has 3 heteroatoms. The van der Waals surface area contributed by atoms with Gasteiger partial charge in [0.15, 0.2) is 5.78 Å². The lowest BCUT2D eigenvalue weighted by molar-refractivity contribution is -0.119. The maximum absolute atomic E-state index is 12.2. The topological polar surface area (TPSA) is 40.9 Å². The van der Waals surface area contributed by atoms with Crippen molar-refractivity contribution in [3.63, 3.8) is 0 Å². The summed E-state index contributed by atoms with van der Waals surface area (Å²) in [5, 5.41) is 9.79. The molecule has 0 saturated heterocycles. The zero-order valence-corrected chi connectivity index (χ0v) is 13.5. The molecule has 21 heavy (non-hydrogen) atoms. The minimum atomic E-state index is -0.677. The lowest BCUT2D eigenvalue weighted by atomic mass is 9.93. The smallest absolute Gasteiger partial charge is 0.154 e. The summed E-state index contributed by atoms with van der Waals surface area (Å²) in [7, 11) is 0. The van der Waals surface area contributed by atoms with Crippen LogP contribution < -0.4 is 0 Å². The maximum atomic E-state index is 12.2. The Labute approximate surface area is 133 Å². The molecule has 1 unspecified atom stereocenters. The number of Topliss-reactive ketones (excluding diaryl/α,β-unsaturated/α-hetero) is 1. The van der Waals surface area contributed by atoms with Crippen LogP contribution in [0.1, 0.15) is 69.8 Å². The average Bonchev–Trinajstić information content (AvgIpc) is 2.47. The van der Waals surface area contributed by atoms with Crippen molar-refractivity contribution in [1.29, 1.82) is 5.26 Å². The van der Waals surface area contributed by atoms with E-state index in [9.17, 15) is 10.1 Å². The first-order chi connectivity index (χ1) is 10.2. The molecule has 1 aromatic rings. The molecule has 1 rings (SSSR count). The molecule has 0 radical (unpaired) electrons. The van der Waals surface area contributed by atoms with Gasteiger partial charge >= 0.3 is 0 Å². The van der Waals surface area contributed by atoms with E-state index in [1.54, 1.807) is 24.3 Å². The molecule has 0 spiro atoms. The number of hydrogen-bond donors (Lipinski definition) is 0. The molecular weight excluding hydrogens is 282 g/mol. The fourth-order valence-electron chi connectivity index (χ4n) is 2.42. The number of benzene rings is 1. The van der Waals surface area contributed by atoms with Crippen molar-refractivity contribution in [3.05, 3.63) is 34.9 Å². The predicted octanol–water partition coefficient (Wildman–Crippen LogP) is 5.66. The molecule has 0 aliphatic heterocycles. The molecule has 1 atom stereocenters. The number of unbranched alkanes of at least 4 members (excludes halogenated alkanes) is 6. The monoisotopic (exact) mass is 305 g/mol. The quantitative estimate of drug-likeness (QED) is 0.523. The summed E-state index contributed by atoms with van der Waals surface area (Å²) < 4.78 is 0.